The number of hydrogen-bond acceptors (Lipinski definition) is 1. The summed E-state index contributed by atoms with van der Waals surface area (Å²) in [6.45, 7) is 12.0. The van der Waals surface area contributed by atoms with Crippen LogP contribution < -0.4 is 0 Å². The predicted molar refractivity (Wildman–Crippen MR) is 69.4 cm³/mol. The maximum absolute atomic E-state index is 2.59. The zero-order chi connectivity index (χ0) is 11.4. The lowest BCUT2D eigenvalue weighted by atomic mass is 10.3. The summed E-state index contributed by atoms with van der Waals surface area (Å²) in [6, 6.07) is 1.39. The Morgan fingerprint density at radius 3 is 1.43 bits per heavy atom. The molecule has 2 heteroatoms. The van der Waals surface area contributed by atoms with E-state index >= 15 is 0 Å². The van der Waals surface area contributed by atoms with E-state index in [1.165, 1.54) is 18.9 Å². The largest absolute Gasteiger partial charge is 0.328 e. The van der Waals surface area contributed by atoms with Crippen molar-refractivity contribution in [3.05, 3.63) is 0 Å². The van der Waals surface area contributed by atoms with Gasteiger partial charge in [0.25, 0.3) is 0 Å². The minimum Gasteiger partial charge on any atom is -0.328 e. The predicted octanol–water partition coefficient (Wildman–Crippen LogP) is 4.11. The van der Waals surface area contributed by atoms with E-state index in [2.05, 4.69) is 53.3 Å². The molecule has 1 nitrogen and oxygen atoms in total. The number of nitrogens with zero attached hydrogens (tertiary/aromatic N) is 1. The highest BCUT2D eigenvalue weighted by Crippen LogP contribution is 2.40. The van der Waals surface area contributed by atoms with E-state index in [0.717, 1.165) is 11.1 Å². The molecule has 0 N–H and O–H groups in total. The fraction of sp³-hybridized carbons (Fsp3) is 1.00. The molecule has 0 aromatic heterocycles. The van der Waals surface area contributed by atoms with Gasteiger partial charge in [0.1, 0.15) is 8.24 Å². The lowest BCUT2D eigenvalue weighted by Gasteiger charge is -2.46. The lowest BCUT2D eigenvalue weighted by molar-refractivity contribution is 0.540. The maximum atomic E-state index is 2.59. The van der Waals surface area contributed by atoms with Crippen molar-refractivity contribution in [2.24, 2.45) is 0 Å². The van der Waals surface area contributed by atoms with Gasteiger partial charge in [-0.2, -0.15) is 0 Å². The highest BCUT2D eigenvalue weighted by atomic mass is 28.3. The third-order valence-electron chi connectivity index (χ3n) is 4.33. The molecule has 0 spiro atoms. The van der Waals surface area contributed by atoms with Crippen molar-refractivity contribution < 1.29 is 0 Å². The second kappa shape index (κ2) is 5.91. The molecule has 0 radical (unpaired) electrons. The first-order valence-electron chi connectivity index (χ1n) is 6.14. The average molecular weight is 215 g/mol. The van der Waals surface area contributed by atoms with Gasteiger partial charge in [0, 0.05) is 0 Å². The molecule has 0 saturated carbocycles. The topological polar surface area (TPSA) is 3.24 Å². The van der Waals surface area contributed by atoms with Crippen molar-refractivity contribution >= 4 is 8.24 Å². The van der Waals surface area contributed by atoms with Gasteiger partial charge >= 0.3 is 0 Å². The summed E-state index contributed by atoms with van der Waals surface area (Å²) in [5.74, 6) is 0. The highest BCUT2D eigenvalue weighted by molar-refractivity contribution is 6.79. The second-order valence-electron chi connectivity index (χ2n) is 4.86. The summed E-state index contributed by atoms with van der Waals surface area (Å²) in [5, 5.41) is 0. The Labute approximate surface area is 92.0 Å². The molecule has 0 aliphatic carbocycles. The van der Waals surface area contributed by atoms with Gasteiger partial charge in [-0.25, -0.2) is 0 Å². The lowest BCUT2D eigenvalue weighted by Crippen LogP contribution is -2.55. The highest BCUT2D eigenvalue weighted by Gasteiger charge is 2.42. The Morgan fingerprint density at radius 1 is 0.929 bits per heavy atom. The molecular formula is C12H29NSi. The molecule has 0 aromatic rings. The van der Waals surface area contributed by atoms with Gasteiger partial charge in [0.2, 0.25) is 0 Å². The number of rotatable bonds is 6. The SMILES string of the molecule is CCC(C)[Si](CC)(C(C)CC)N(C)C. The van der Waals surface area contributed by atoms with Gasteiger partial charge in [-0.3, -0.25) is 0 Å². The normalized spacial score (nSPS) is 20.6. The van der Waals surface area contributed by atoms with E-state index in [4.69, 9.17) is 0 Å². The molecule has 0 amide bonds. The summed E-state index contributed by atoms with van der Waals surface area (Å²) in [5.41, 5.74) is 1.83. The van der Waals surface area contributed by atoms with Crippen LogP contribution in [-0.2, 0) is 0 Å². The van der Waals surface area contributed by atoms with E-state index in [-0.39, 0.29) is 0 Å². The molecule has 14 heavy (non-hydrogen) atoms. The van der Waals surface area contributed by atoms with Crippen LogP contribution in [-0.4, -0.2) is 26.9 Å². The summed E-state index contributed by atoms with van der Waals surface area (Å²) in [7, 11) is 3.38. The van der Waals surface area contributed by atoms with E-state index < -0.39 is 8.24 Å². The van der Waals surface area contributed by atoms with Crippen molar-refractivity contribution in [2.45, 2.75) is 64.6 Å². The fourth-order valence-electron chi connectivity index (χ4n) is 3.09. The minimum atomic E-state index is -1.22. The van der Waals surface area contributed by atoms with Gasteiger partial charge in [-0.1, -0.05) is 47.5 Å². The van der Waals surface area contributed by atoms with E-state index in [0.29, 0.717) is 0 Å². The monoisotopic (exact) mass is 215 g/mol. The van der Waals surface area contributed by atoms with Crippen molar-refractivity contribution in [3.8, 4) is 0 Å². The van der Waals surface area contributed by atoms with E-state index in [1.807, 2.05) is 0 Å². The Balaban J connectivity index is 4.97. The van der Waals surface area contributed by atoms with Gasteiger partial charge in [0.05, 0.1) is 0 Å². The average Bonchev–Trinajstić information content (AvgIpc) is 2.18. The second-order valence-corrected chi connectivity index (χ2v) is 10.4. The third kappa shape index (κ3) is 2.40. The standard InChI is InChI=1S/C12H29NSi/c1-8-11(4)14(10-3,13(6)7)12(5)9-2/h11-12H,8-10H2,1-7H3. The molecular weight excluding hydrogens is 186 g/mol. The van der Waals surface area contributed by atoms with E-state index in [9.17, 15) is 0 Å². The molecule has 0 aromatic carbocycles. The van der Waals surface area contributed by atoms with Crippen LogP contribution >= 0.6 is 0 Å². The Bertz CT molecular complexity index is 146. The van der Waals surface area contributed by atoms with Gasteiger partial charge in [-0.15, -0.1) is 0 Å². The van der Waals surface area contributed by atoms with Gasteiger partial charge in [-0.05, 0) is 31.2 Å². The van der Waals surface area contributed by atoms with Crippen molar-refractivity contribution in [2.75, 3.05) is 14.1 Å². The zero-order valence-corrected chi connectivity index (χ0v) is 12.2. The fourth-order valence-corrected chi connectivity index (χ4v) is 9.26. The smallest absolute Gasteiger partial charge is 0.133 e. The zero-order valence-electron chi connectivity index (χ0n) is 11.2. The first-order valence-corrected chi connectivity index (χ1v) is 8.45. The molecule has 0 aliphatic heterocycles. The van der Waals surface area contributed by atoms with Crippen LogP contribution in [0.2, 0.25) is 17.1 Å². The minimum absolute atomic E-state index is 0.914. The van der Waals surface area contributed by atoms with Crippen LogP contribution in [0.25, 0.3) is 0 Å². The molecule has 2 atom stereocenters. The molecule has 0 saturated heterocycles. The van der Waals surface area contributed by atoms with Crippen LogP contribution in [0.15, 0.2) is 0 Å². The van der Waals surface area contributed by atoms with Crippen LogP contribution in [0.4, 0.5) is 0 Å². The Hall–Kier alpha value is 0.177. The van der Waals surface area contributed by atoms with Crippen molar-refractivity contribution in [1.82, 2.24) is 4.57 Å². The molecule has 0 rings (SSSR count). The summed E-state index contributed by atoms with van der Waals surface area (Å²) in [6.07, 6.45) is 2.67. The first kappa shape index (κ1) is 14.2. The van der Waals surface area contributed by atoms with Crippen LogP contribution in [0.1, 0.15) is 47.5 Å². The summed E-state index contributed by atoms with van der Waals surface area (Å²) < 4.78 is 2.59. The molecule has 0 bridgehead atoms. The third-order valence-corrected chi connectivity index (χ3v) is 11.4. The summed E-state index contributed by atoms with van der Waals surface area (Å²) in [4.78, 5) is 0. The molecule has 2 unspecified atom stereocenters. The maximum Gasteiger partial charge on any atom is 0.133 e. The Kier molecular flexibility index (Phi) is 5.99. The molecule has 0 fully saturated rings. The number of hydrogen-bond donors (Lipinski definition) is 0. The van der Waals surface area contributed by atoms with Crippen LogP contribution in [0.3, 0.4) is 0 Å². The van der Waals surface area contributed by atoms with Gasteiger partial charge < -0.3 is 4.57 Å². The molecule has 0 aliphatic rings. The van der Waals surface area contributed by atoms with Crippen molar-refractivity contribution in [1.29, 1.82) is 0 Å². The Morgan fingerprint density at radius 2 is 1.29 bits per heavy atom. The first-order chi connectivity index (χ1) is 6.47. The van der Waals surface area contributed by atoms with Crippen molar-refractivity contribution in [3.63, 3.8) is 0 Å². The summed E-state index contributed by atoms with van der Waals surface area (Å²) >= 11 is 0. The van der Waals surface area contributed by atoms with Crippen LogP contribution in [0.5, 0.6) is 0 Å². The van der Waals surface area contributed by atoms with Crippen LogP contribution in [0, 0.1) is 0 Å². The quantitative estimate of drug-likeness (QED) is 0.603. The van der Waals surface area contributed by atoms with Gasteiger partial charge in [0.15, 0.2) is 0 Å². The molecule has 86 valence electrons. The van der Waals surface area contributed by atoms with E-state index in [1.54, 1.807) is 0 Å². The molecule has 0 heterocycles.